The van der Waals surface area contributed by atoms with E-state index in [-0.39, 0.29) is 10.0 Å². The number of hydrogen-bond acceptors (Lipinski definition) is 4. The first-order valence-electron chi connectivity index (χ1n) is 6.90. The third kappa shape index (κ3) is 3.03. The third-order valence-corrected chi connectivity index (χ3v) is 4.26. The van der Waals surface area contributed by atoms with Crippen LogP contribution in [0.15, 0.2) is 54.6 Å². The Balaban J connectivity index is 2.14. The SMILES string of the molecule is Nc1nc(-c2ccccc2)c(C(=O)c2ccccc2C(F)(F)F)s1. The molecule has 2 N–H and O–H groups in total. The molecule has 0 radical (unpaired) electrons. The molecular formula is C17H11F3N2OS. The molecule has 3 aromatic rings. The van der Waals surface area contributed by atoms with E-state index in [0.29, 0.717) is 11.3 Å². The highest BCUT2D eigenvalue weighted by molar-refractivity contribution is 7.18. The standard InChI is InChI=1S/C17H11F3N2OS/c18-17(19,20)12-9-5-4-8-11(12)14(23)15-13(22-16(21)24-15)10-6-2-1-3-7-10/h1-9H,(H2,21,22). The van der Waals surface area contributed by atoms with Crippen molar-refractivity contribution in [3.63, 3.8) is 0 Å². The number of rotatable bonds is 3. The lowest BCUT2D eigenvalue weighted by Crippen LogP contribution is -2.13. The second kappa shape index (κ2) is 6.09. The summed E-state index contributed by atoms with van der Waals surface area (Å²) in [5.41, 5.74) is 5.22. The highest BCUT2D eigenvalue weighted by Gasteiger charge is 2.36. The van der Waals surface area contributed by atoms with Crippen molar-refractivity contribution in [3.8, 4) is 11.3 Å². The van der Waals surface area contributed by atoms with E-state index in [1.165, 1.54) is 12.1 Å². The van der Waals surface area contributed by atoms with Gasteiger partial charge >= 0.3 is 6.18 Å². The maximum atomic E-state index is 13.2. The van der Waals surface area contributed by atoms with Crippen molar-refractivity contribution in [2.24, 2.45) is 0 Å². The topological polar surface area (TPSA) is 56.0 Å². The molecule has 0 saturated heterocycles. The van der Waals surface area contributed by atoms with Crippen LogP contribution in [0.5, 0.6) is 0 Å². The zero-order valence-corrected chi connectivity index (χ0v) is 13.0. The first kappa shape index (κ1) is 16.2. The summed E-state index contributed by atoms with van der Waals surface area (Å²) in [6.45, 7) is 0. The average Bonchev–Trinajstić information content (AvgIpc) is 2.96. The molecule has 0 fully saturated rings. The maximum absolute atomic E-state index is 13.2. The van der Waals surface area contributed by atoms with Crippen LogP contribution in [0, 0.1) is 0 Å². The number of hydrogen-bond donors (Lipinski definition) is 1. The molecule has 2 aromatic carbocycles. The maximum Gasteiger partial charge on any atom is 0.417 e. The van der Waals surface area contributed by atoms with Gasteiger partial charge in [-0.2, -0.15) is 13.2 Å². The van der Waals surface area contributed by atoms with Crippen LogP contribution < -0.4 is 5.73 Å². The van der Waals surface area contributed by atoms with Crippen molar-refractivity contribution in [2.75, 3.05) is 5.73 Å². The van der Waals surface area contributed by atoms with Crippen LogP contribution in [0.25, 0.3) is 11.3 Å². The molecule has 0 bridgehead atoms. The van der Waals surface area contributed by atoms with E-state index >= 15 is 0 Å². The lowest BCUT2D eigenvalue weighted by atomic mass is 10.00. The van der Waals surface area contributed by atoms with E-state index in [4.69, 9.17) is 5.73 Å². The second-order valence-corrected chi connectivity index (χ2v) is 6.00. The normalized spacial score (nSPS) is 11.5. The van der Waals surface area contributed by atoms with E-state index in [1.54, 1.807) is 30.3 Å². The monoisotopic (exact) mass is 348 g/mol. The van der Waals surface area contributed by atoms with Crippen LogP contribution in [0.1, 0.15) is 20.8 Å². The van der Waals surface area contributed by atoms with Gasteiger partial charge in [-0.25, -0.2) is 4.98 Å². The number of thiazole rings is 1. The number of alkyl halides is 3. The molecule has 3 rings (SSSR count). The number of aromatic nitrogens is 1. The van der Waals surface area contributed by atoms with Gasteiger partial charge in [0, 0.05) is 11.1 Å². The van der Waals surface area contributed by atoms with Crippen molar-refractivity contribution >= 4 is 22.3 Å². The minimum atomic E-state index is -4.62. The minimum Gasteiger partial charge on any atom is -0.375 e. The summed E-state index contributed by atoms with van der Waals surface area (Å²) >= 11 is 0.881. The third-order valence-electron chi connectivity index (χ3n) is 3.37. The first-order valence-corrected chi connectivity index (χ1v) is 7.72. The summed E-state index contributed by atoms with van der Waals surface area (Å²) in [5.74, 6) is -0.740. The highest BCUT2D eigenvalue weighted by atomic mass is 32.1. The Morgan fingerprint density at radius 2 is 1.62 bits per heavy atom. The van der Waals surface area contributed by atoms with Gasteiger partial charge in [0.1, 0.15) is 4.88 Å². The highest BCUT2D eigenvalue weighted by Crippen LogP contribution is 2.36. The number of carbonyl (C=O) groups is 1. The Bertz CT molecular complexity index is 888. The molecular weight excluding hydrogens is 337 g/mol. The molecule has 24 heavy (non-hydrogen) atoms. The van der Waals surface area contributed by atoms with Crippen LogP contribution in [0.4, 0.5) is 18.3 Å². The predicted octanol–water partition coefficient (Wildman–Crippen LogP) is 4.64. The summed E-state index contributed by atoms with van der Waals surface area (Å²) in [6, 6.07) is 13.4. The number of carbonyl (C=O) groups excluding carboxylic acids is 1. The Morgan fingerprint density at radius 1 is 1.00 bits per heavy atom. The van der Waals surface area contributed by atoms with E-state index in [1.807, 2.05) is 0 Å². The number of nitrogen functional groups attached to an aromatic ring is 1. The number of nitrogens with zero attached hydrogens (tertiary/aromatic N) is 1. The van der Waals surface area contributed by atoms with Crippen LogP contribution in [0.2, 0.25) is 0 Å². The zero-order chi connectivity index (χ0) is 17.3. The van der Waals surface area contributed by atoms with Gasteiger partial charge in [-0.1, -0.05) is 59.9 Å². The van der Waals surface area contributed by atoms with E-state index in [0.717, 1.165) is 23.5 Å². The molecule has 0 saturated carbocycles. The van der Waals surface area contributed by atoms with Crippen LogP contribution >= 0.6 is 11.3 Å². The molecule has 0 amide bonds. The van der Waals surface area contributed by atoms with Gasteiger partial charge in [-0.3, -0.25) is 4.79 Å². The number of ketones is 1. The summed E-state index contributed by atoms with van der Waals surface area (Å²) in [4.78, 5) is 16.9. The molecule has 7 heteroatoms. The molecule has 3 nitrogen and oxygen atoms in total. The molecule has 0 aliphatic rings. The molecule has 0 spiro atoms. The van der Waals surface area contributed by atoms with E-state index < -0.39 is 23.1 Å². The molecule has 0 atom stereocenters. The average molecular weight is 348 g/mol. The van der Waals surface area contributed by atoms with E-state index in [2.05, 4.69) is 4.98 Å². The van der Waals surface area contributed by atoms with Gasteiger partial charge < -0.3 is 5.73 Å². The predicted molar refractivity (Wildman–Crippen MR) is 86.8 cm³/mol. The molecule has 0 unspecified atom stereocenters. The quantitative estimate of drug-likeness (QED) is 0.702. The number of anilines is 1. The Hall–Kier alpha value is -2.67. The number of halogens is 3. The first-order chi connectivity index (χ1) is 11.4. The molecule has 0 aliphatic heterocycles. The minimum absolute atomic E-state index is 0.0930. The van der Waals surface area contributed by atoms with Gasteiger partial charge in [0.15, 0.2) is 5.13 Å². The molecule has 1 aromatic heterocycles. The lowest BCUT2D eigenvalue weighted by molar-refractivity contribution is -0.137. The molecule has 1 heterocycles. The smallest absolute Gasteiger partial charge is 0.375 e. The number of benzene rings is 2. The van der Waals surface area contributed by atoms with Crippen LogP contribution in [-0.2, 0) is 6.18 Å². The van der Waals surface area contributed by atoms with Crippen LogP contribution in [0.3, 0.4) is 0 Å². The largest absolute Gasteiger partial charge is 0.417 e. The lowest BCUT2D eigenvalue weighted by Gasteiger charge is -2.11. The van der Waals surface area contributed by atoms with Gasteiger partial charge in [-0.05, 0) is 6.07 Å². The molecule has 0 aliphatic carbocycles. The number of nitrogens with two attached hydrogens (primary N) is 1. The summed E-state index contributed by atoms with van der Waals surface area (Å²) in [5, 5.41) is 0.127. The Labute approximate surface area is 139 Å². The van der Waals surface area contributed by atoms with Crippen molar-refractivity contribution in [1.29, 1.82) is 0 Å². The Kier molecular flexibility index (Phi) is 4.11. The van der Waals surface area contributed by atoms with Gasteiger partial charge in [0.25, 0.3) is 0 Å². The summed E-state index contributed by atoms with van der Waals surface area (Å²) in [7, 11) is 0. The fraction of sp³-hybridized carbons (Fsp3) is 0.0588. The van der Waals surface area contributed by atoms with Crippen molar-refractivity contribution < 1.29 is 18.0 Å². The van der Waals surface area contributed by atoms with Crippen molar-refractivity contribution in [3.05, 3.63) is 70.6 Å². The molecule has 122 valence electrons. The van der Waals surface area contributed by atoms with Gasteiger partial charge in [0.05, 0.1) is 11.3 Å². The van der Waals surface area contributed by atoms with E-state index in [9.17, 15) is 18.0 Å². The fourth-order valence-corrected chi connectivity index (χ4v) is 3.14. The Morgan fingerprint density at radius 3 is 2.29 bits per heavy atom. The zero-order valence-electron chi connectivity index (χ0n) is 12.2. The summed E-state index contributed by atoms with van der Waals surface area (Å²) in [6.07, 6.45) is -4.62. The van der Waals surface area contributed by atoms with Crippen molar-refractivity contribution in [2.45, 2.75) is 6.18 Å². The fourth-order valence-electron chi connectivity index (χ4n) is 2.33. The van der Waals surface area contributed by atoms with Gasteiger partial charge in [-0.15, -0.1) is 0 Å². The van der Waals surface area contributed by atoms with Crippen molar-refractivity contribution in [1.82, 2.24) is 4.98 Å². The summed E-state index contributed by atoms with van der Waals surface area (Å²) < 4.78 is 39.5. The van der Waals surface area contributed by atoms with Gasteiger partial charge in [0.2, 0.25) is 5.78 Å². The second-order valence-electron chi connectivity index (χ2n) is 4.97. The van der Waals surface area contributed by atoms with Crippen LogP contribution in [-0.4, -0.2) is 10.8 Å².